The van der Waals surface area contributed by atoms with Crippen LogP contribution in [0, 0.1) is 5.82 Å². The third-order valence-corrected chi connectivity index (χ3v) is 7.51. The maximum absolute atomic E-state index is 13.8. The first-order valence-corrected chi connectivity index (χ1v) is 13.9. The SMILES string of the molecule is CC(C)c1ccc(CCC(=O)N(Cc2ccc(F)cc2)C(Cc2ccccc2)C(=O)NC2CCCC2)cc1. The minimum atomic E-state index is -0.654. The summed E-state index contributed by atoms with van der Waals surface area (Å²) in [7, 11) is 0. The average Bonchev–Trinajstić information content (AvgIpc) is 3.44. The number of amides is 2. The lowest BCUT2D eigenvalue weighted by molar-refractivity contribution is -0.141. The van der Waals surface area contributed by atoms with Crippen molar-refractivity contribution in [3.05, 3.63) is 107 Å². The highest BCUT2D eigenvalue weighted by molar-refractivity contribution is 5.88. The van der Waals surface area contributed by atoms with Gasteiger partial charge in [-0.15, -0.1) is 0 Å². The molecule has 1 aliphatic rings. The summed E-state index contributed by atoms with van der Waals surface area (Å²) in [5.74, 6) is -0.0624. The van der Waals surface area contributed by atoms with E-state index in [-0.39, 0.29) is 30.2 Å². The molecule has 1 saturated carbocycles. The first-order valence-electron chi connectivity index (χ1n) is 13.9. The minimum absolute atomic E-state index is 0.0789. The molecule has 38 heavy (non-hydrogen) atoms. The number of hydrogen-bond donors (Lipinski definition) is 1. The Balaban J connectivity index is 1.58. The van der Waals surface area contributed by atoms with E-state index in [0.717, 1.165) is 42.4 Å². The number of aryl methyl sites for hydroxylation is 1. The van der Waals surface area contributed by atoms with Gasteiger partial charge < -0.3 is 10.2 Å². The number of nitrogens with one attached hydrogen (secondary N) is 1. The van der Waals surface area contributed by atoms with Crippen molar-refractivity contribution in [1.29, 1.82) is 0 Å². The molecule has 0 heterocycles. The number of carbonyl (C=O) groups is 2. The van der Waals surface area contributed by atoms with Crippen LogP contribution >= 0.6 is 0 Å². The van der Waals surface area contributed by atoms with Gasteiger partial charge in [-0.1, -0.05) is 93.4 Å². The molecule has 0 aromatic heterocycles. The molecule has 1 fully saturated rings. The van der Waals surface area contributed by atoms with Crippen molar-refractivity contribution in [1.82, 2.24) is 10.2 Å². The minimum Gasteiger partial charge on any atom is -0.352 e. The van der Waals surface area contributed by atoms with Crippen LogP contribution in [0.2, 0.25) is 0 Å². The lowest BCUT2D eigenvalue weighted by Crippen LogP contribution is -2.52. The summed E-state index contributed by atoms with van der Waals surface area (Å²) < 4.78 is 13.6. The van der Waals surface area contributed by atoms with Crippen LogP contribution in [0.1, 0.15) is 74.1 Å². The number of benzene rings is 3. The van der Waals surface area contributed by atoms with Crippen molar-refractivity contribution < 1.29 is 14.0 Å². The first kappa shape index (κ1) is 27.6. The summed E-state index contributed by atoms with van der Waals surface area (Å²) in [5, 5.41) is 3.23. The molecule has 1 N–H and O–H groups in total. The van der Waals surface area contributed by atoms with Crippen LogP contribution in [-0.4, -0.2) is 28.8 Å². The molecule has 4 nitrogen and oxygen atoms in total. The number of hydrogen-bond acceptors (Lipinski definition) is 2. The van der Waals surface area contributed by atoms with Gasteiger partial charge in [0.2, 0.25) is 11.8 Å². The summed E-state index contributed by atoms with van der Waals surface area (Å²) in [5.41, 5.74) is 4.16. The molecule has 3 aromatic rings. The van der Waals surface area contributed by atoms with E-state index in [1.165, 1.54) is 17.7 Å². The van der Waals surface area contributed by atoms with E-state index >= 15 is 0 Å². The molecule has 5 heteroatoms. The van der Waals surface area contributed by atoms with Crippen LogP contribution in [0.25, 0.3) is 0 Å². The Morgan fingerprint density at radius 3 is 2.13 bits per heavy atom. The standard InChI is InChI=1S/C33H39FN2O2/c1-24(2)28-17-12-25(13-18-28)16-21-32(37)36(23-27-14-19-29(34)20-15-27)31(22-26-8-4-3-5-9-26)33(38)35-30-10-6-7-11-30/h3-5,8-9,12-15,17-20,24,30-31H,6-7,10-11,16,21-23H2,1-2H3,(H,35,38). The van der Waals surface area contributed by atoms with Gasteiger partial charge in [0.05, 0.1) is 0 Å². The van der Waals surface area contributed by atoms with E-state index in [1.54, 1.807) is 17.0 Å². The molecule has 1 atom stereocenters. The van der Waals surface area contributed by atoms with Crippen LogP contribution in [0.3, 0.4) is 0 Å². The van der Waals surface area contributed by atoms with Crippen LogP contribution in [0.15, 0.2) is 78.9 Å². The van der Waals surface area contributed by atoms with Gasteiger partial charge in [-0.2, -0.15) is 0 Å². The van der Waals surface area contributed by atoms with Gasteiger partial charge in [0.25, 0.3) is 0 Å². The van der Waals surface area contributed by atoms with Crippen molar-refractivity contribution in [2.45, 2.75) is 83.3 Å². The van der Waals surface area contributed by atoms with Crippen molar-refractivity contribution in [3.63, 3.8) is 0 Å². The molecule has 0 bridgehead atoms. The lowest BCUT2D eigenvalue weighted by Gasteiger charge is -2.32. The number of carbonyl (C=O) groups excluding carboxylic acids is 2. The second-order valence-corrected chi connectivity index (χ2v) is 10.7. The zero-order valence-corrected chi connectivity index (χ0v) is 22.5. The monoisotopic (exact) mass is 514 g/mol. The Kier molecular flexibility index (Phi) is 9.69. The molecular formula is C33H39FN2O2. The van der Waals surface area contributed by atoms with Gasteiger partial charge in [-0.05, 0) is 59.6 Å². The maximum Gasteiger partial charge on any atom is 0.243 e. The summed E-state index contributed by atoms with van der Waals surface area (Å²) in [6.07, 6.45) is 5.49. The predicted molar refractivity (Wildman–Crippen MR) is 150 cm³/mol. The van der Waals surface area contributed by atoms with Gasteiger partial charge in [-0.3, -0.25) is 9.59 Å². The van der Waals surface area contributed by atoms with Gasteiger partial charge in [0.15, 0.2) is 0 Å². The van der Waals surface area contributed by atoms with Crippen molar-refractivity contribution in [3.8, 4) is 0 Å². The first-order chi connectivity index (χ1) is 18.4. The fourth-order valence-electron chi connectivity index (χ4n) is 5.17. The highest BCUT2D eigenvalue weighted by Gasteiger charge is 2.32. The zero-order valence-electron chi connectivity index (χ0n) is 22.5. The molecule has 1 aliphatic carbocycles. The van der Waals surface area contributed by atoms with Gasteiger partial charge in [0, 0.05) is 25.4 Å². The molecule has 4 rings (SSSR count). The van der Waals surface area contributed by atoms with E-state index in [1.807, 2.05) is 30.3 Å². The average molecular weight is 515 g/mol. The summed E-state index contributed by atoms with van der Waals surface area (Å²) in [4.78, 5) is 29.2. The topological polar surface area (TPSA) is 49.4 Å². The quantitative estimate of drug-likeness (QED) is 0.314. The third kappa shape index (κ3) is 7.77. The van der Waals surface area contributed by atoms with Crippen molar-refractivity contribution in [2.24, 2.45) is 0 Å². The van der Waals surface area contributed by atoms with Gasteiger partial charge in [0.1, 0.15) is 11.9 Å². The Morgan fingerprint density at radius 2 is 1.50 bits per heavy atom. The maximum atomic E-state index is 13.8. The third-order valence-electron chi connectivity index (χ3n) is 7.51. The summed E-state index contributed by atoms with van der Waals surface area (Å²) >= 11 is 0. The zero-order chi connectivity index (χ0) is 26.9. The Bertz CT molecular complexity index is 1170. The molecular weight excluding hydrogens is 475 g/mol. The van der Waals surface area contributed by atoms with E-state index < -0.39 is 6.04 Å². The van der Waals surface area contributed by atoms with Gasteiger partial charge >= 0.3 is 0 Å². The normalized spacial score (nSPS) is 14.4. The summed E-state index contributed by atoms with van der Waals surface area (Å²) in [6.45, 7) is 4.58. The van der Waals surface area contributed by atoms with E-state index in [4.69, 9.17) is 0 Å². The largest absolute Gasteiger partial charge is 0.352 e. The van der Waals surface area contributed by atoms with E-state index in [0.29, 0.717) is 25.2 Å². The molecule has 0 aliphatic heterocycles. The van der Waals surface area contributed by atoms with Crippen LogP contribution in [0.5, 0.6) is 0 Å². The van der Waals surface area contributed by atoms with Crippen molar-refractivity contribution >= 4 is 11.8 Å². The van der Waals surface area contributed by atoms with Crippen LogP contribution < -0.4 is 5.32 Å². The molecule has 0 spiro atoms. The molecule has 200 valence electrons. The molecule has 1 unspecified atom stereocenters. The van der Waals surface area contributed by atoms with Crippen LogP contribution in [-0.2, 0) is 29.0 Å². The van der Waals surface area contributed by atoms with Gasteiger partial charge in [-0.25, -0.2) is 4.39 Å². The fourth-order valence-corrected chi connectivity index (χ4v) is 5.17. The second kappa shape index (κ2) is 13.4. The lowest BCUT2D eigenvalue weighted by atomic mass is 9.99. The summed E-state index contributed by atoms with van der Waals surface area (Å²) in [6, 6.07) is 23.9. The Labute approximate surface area is 226 Å². The van der Waals surface area contributed by atoms with Crippen molar-refractivity contribution in [2.75, 3.05) is 0 Å². The van der Waals surface area contributed by atoms with E-state index in [9.17, 15) is 14.0 Å². The molecule has 0 radical (unpaired) electrons. The number of nitrogens with zero attached hydrogens (tertiary/aromatic N) is 1. The van der Waals surface area contributed by atoms with E-state index in [2.05, 4.69) is 43.4 Å². The Morgan fingerprint density at radius 1 is 0.868 bits per heavy atom. The predicted octanol–water partition coefficient (Wildman–Crippen LogP) is 6.58. The number of rotatable bonds is 11. The number of halogens is 1. The smallest absolute Gasteiger partial charge is 0.243 e. The molecule has 0 saturated heterocycles. The molecule has 3 aromatic carbocycles. The highest BCUT2D eigenvalue weighted by Crippen LogP contribution is 2.21. The second-order valence-electron chi connectivity index (χ2n) is 10.7. The molecule has 2 amide bonds. The van der Waals surface area contributed by atoms with Crippen LogP contribution in [0.4, 0.5) is 4.39 Å². The Hall–Kier alpha value is -3.47. The fraction of sp³-hybridized carbons (Fsp3) is 0.394. The highest BCUT2D eigenvalue weighted by atomic mass is 19.1.